The number of hydrogen-bond donors (Lipinski definition) is 2. The molecule has 0 spiro atoms. The molecule has 1 heterocycles. The number of aromatic nitrogens is 2. The SMILES string of the molecule is COc1cccc(-c2nc(C(=O)N(C)CCC(C)O)c(C)[nH]2)c1. The zero-order chi connectivity index (χ0) is 17.0. The van der Waals surface area contributed by atoms with Crippen LogP contribution in [0.4, 0.5) is 0 Å². The number of carbonyl (C=O) groups excluding carboxylic acids is 1. The Balaban J connectivity index is 2.21. The summed E-state index contributed by atoms with van der Waals surface area (Å²) in [6.07, 6.45) is 0.104. The second kappa shape index (κ2) is 7.28. The third-order valence-electron chi connectivity index (χ3n) is 3.66. The second-order valence-electron chi connectivity index (χ2n) is 5.66. The molecular weight excluding hydrogens is 294 g/mol. The molecule has 6 heteroatoms. The molecule has 0 saturated heterocycles. The number of imidazole rings is 1. The second-order valence-corrected chi connectivity index (χ2v) is 5.66. The van der Waals surface area contributed by atoms with E-state index in [9.17, 15) is 9.90 Å². The van der Waals surface area contributed by atoms with Crippen molar-refractivity contribution in [3.63, 3.8) is 0 Å². The summed E-state index contributed by atoms with van der Waals surface area (Å²) in [6.45, 7) is 4.02. The quantitative estimate of drug-likeness (QED) is 0.856. The van der Waals surface area contributed by atoms with E-state index in [1.807, 2.05) is 31.2 Å². The van der Waals surface area contributed by atoms with Crippen molar-refractivity contribution < 1.29 is 14.6 Å². The number of H-pyrrole nitrogens is 1. The summed E-state index contributed by atoms with van der Waals surface area (Å²) in [6, 6.07) is 7.51. The molecule has 23 heavy (non-hydrogen) atoms. The van der Waals surface area contributed by atoms with Crippen LogP contribution in [0.3, 0.4) is 0 Å². The highest BCUT2D eigenvalue weighted by Gasteiger charge is 2.19. The molecule has 124 valence electrons. The van der Waals surface area contributed by atoms with Gasteiger partial charge in [-0.25, -0.2) is 4.98 Å². The van der Waals surface area contributed by atoms with Gasteiger partial charge in [0, 0.05) is 24.8 Å². The van der Waals surface area contributed by atoms with Crippen LogP contribution in [0.2, 0.25) is 0 Å². The first-order chi connectivity index (χ1) is 10.9. The topological polar surface area (TPSA) is 78.4 Å². The van der Waals surface area contributed by atoms with Crippen LogP contribution in [0.25, 0.3) is 11.4 Å². The third kappa shape index (κ3) is 4.10. The van der Waals surface area contributed by atoms with Crippen molar-refractivity contribution in [3.05, 3.63) is 35.7 Å². The van der Waals surface area contributed by atoms with Crippen LogP contribution >= 0.6 is 0 Å². The fourth-order valence-electron chi connectivity index (χ4n) is 2.24. The van der Waals surface area contributed by atoms with Crippen molar-refractivity contribution >= 4 is 5.91 Å². The largest absolute Gasteiger partial charge is 0.497 e. The number of benzene rings is 1. The highest BCUT2D eigenvalue weighted by Crippen LogP contribution is 2.23. The minimum atomic E-state index is -0.433. The number of aromatic amines is 1. The predicted octanol–water partition coefficient (Wildman–Crippen LogP) is 2.24. The maximum atomic E-state index is 12.5. The van der Waals surface area contributed by atoms with Gasteiger partial charge in [-0.05, 0) is 32.4 Å². The van der Waals surface area contributed by atoms with Crippen molar-refractivity contribution in [2.24, 2.45) is 0 Å². The van der Waals surface area contributed by atoms with E-state index in [0.29, 0.717) is 24.5 Å². The summed E-state index contributed by atoms with van der Waals surface area (Å²) in [5.74, 6) is 1.21. The van der Waals surface area contributed by atoms with Crippen LogP contribution in [0, 0.1) is 6.92 Å². The van der Waals surface area contributed by atoms with E-state index >= 15 is 0 Å². The van der Waals surface area contributed by atoms with Crippen molar-refractivity contribution in [2.45, 2.75) is 26.4 Å². The zero-order valence-electron chi connectivity index (χ0n) is 14.0. The van der Waals surface area contributed by atoms with Gasteiger partial charge in [-0.3, -0.25) is 4.79 Å². The Labute approximate surface area is 136 Å². The van der Waals surface area contributed by atoms with Crippen LogP contribution in [-0.4, -0.2) is 52.7 Å². The van der Waals surface area contributed by atoms with Gasteiger partial charge in [-0.2, -0.15) is 0 Å². The standard InChI is InChI=1S/C17H23N3O3/c1-11(21)8-9-20(3)17(22)15-12(2)18-16(19-15)13-6-5-7-14(10-13)23-4/h5-7,10-11,21H,8-9H2,1-4H3,(H,18,19). The molecule has 1 aromatic carbocycles. The molecule has 0 radical (unpaired) electrons. The Morgan fingerprint density at radius 1 is 1.48 bits per heavy atom. The summed E-state index contributed by atoms with van der Waals surface area (Å²) < 4.78 is 5.21. The Morgan fingerprint density at radius 2 is 2.22 bits per heavy atom. The Bertz CT molecular complexity index is 679. The number of carbonyl (C=O) groups is 1. The fraction of sp³-hybridized carbons (Fsp3) is 0.412. The molecule has 0 aliphatic rings. The number of aryl methyl sites for hydroxylation is 1. The summed E-state index contributed by atoms with van der Waals surface area (Å²) in [7, 11) is 3.32. The molecule has 1 atom stereocenters. The fourth-order valence-corrected chi connectivity index (χ4v) is 2.24. The molecule has 0 saturated carbocycles. The lowest BCUT2D eigenvalue weighted by Gasteiger charge is -2.17. The van der Waals surface area contributed by atoms with Crippen molar-refractivity contribution in [1.82, 2.24) is 14.9 Å². The molecule has 0 aliphatic carbocycles. The zero-order valence-corrected chi connectivity index (χ0v) is 14.0. The number of aliphatic hydroxyl groups is 1. The molecule has 0 fully saturated rings. The average molecular weight is 317 g/mol. The van der Waals surface area contributed by atoms with Gasteiger partial charge in [0.05, 0.1) is 13.2 Å². The lowest BCUT2D eigenvalue weighted by Crippen LogP contribution is -2.30. The first-order valence-electron chi connectivity index (χ1n) is 7.57. The Morgan fingerprint density at radius 3 is 2.87 bits per heavy atom. The van der Waals surface area contributed by atoms with Crippen LogP contribution < -0.4 is 4.74 Å². The Hall–Kier alpha value is -2.34. The van der Waals surface area contributed by atoms with Gasteiger partial charge in [0.1, 0.15) is 17.3 Å². The van der Waals surface area contributed by atoms with Crippen LogP contribution in [-0.2, 0) is 0 Å². The number of rotatable bonds is 6. The average Bonchev–Trinajstić information content (AvgIpc) is 2.93. The summed E-state index contributed by atoms with van der Waals surface area (Å²) in [5, 5.41) is 9.34. The minimum absolute atomic E-state index is 0.159. The van der Waals surface area contributed by atoms with Gasteiger partial charge in [-0.15, -0.1) is 0 Å². The predicted molar refractivity (Wildman–Crippen MR) is 88.6 cm³/mol. The number of hydrogen-bond acceptors (Lipinski definition) is 4. The number of aliphatic hydroxyl groups excluding tert-OH is 1. The minimum Gasteiger partial charge on any atom is -0.497 e. The van der Waals surface area contributed by atoms with E-state index in [-0.39, 0.29) is 5.91 Å². The molecule has 0 bridgehead atoms. The van der Waals surface area contributed by atoms with Crippen LogP contribution in [0.5, 0.6) is 5.75 Å². The first-order valence-corrected chi connectivity index (χ1v) is 7.57. The van der Waals surface area contributed by atoms with Crippen molar-refractivity contribution in [2.75, 3.05) is 20.7 Å². The van der Waals surface area contributed by atoms with Crippen LogP contribution in [0.15, 0.2) is 24.3 Å². The molecular formula is C17H23N3O3. The number of methoxy groups -OCH3 is 1. The van der Waals surface area contributed by atoms with E-state index in [1.54, 1.807) is 26.0 Å². The summed E-state index contributed by atoms with van der Waals surface area (Å²) in [4.78, 5) is 21.6. The number of amides is 1. The van der Waals surface area contributed by atoms with E-state index in [0.717, 1.165) is 17.0 Å². The maximum Gasteiger partial charge on any atom is 0.274 e. The lowest BCUT2D eigenvalue weighted by atomic mass is 10.2. The molecule has 0 aliphatic heterocycles. The van der Waals surface area contributed by atoms with Gasteiger partial charge in [0.25, 0.3) is 5.91 Å². The number of ether oxygens (including phenoxy) is 1. The molecule has 6 nitrogen and oxygen atoms in total. The lowest BCUT2D eigenvalue weighted by molar-refractivity contribution is 0.0763. The van der Waals surface area contributed by atoms with E-state index < -0.39 is 6.10 Å². The van der Waals surface area contributed by atoms with Gasteiger partial charge >= 0.3 is 0 Å². The first kappa shape index (κ1) is 17.0. The Kier molecular flexibility index (Phi) is 5.39. The summed E-state index contributed by atoms with van der Waals surface area (Å²) >= 11 is 0. The molecule has 2 aromatic rings. The highest BCUT2D eigenvalue weighted by atomic mass is 16.5. The monoisotopic (exact) mass is 317 g/mol. The molecule has 2 rings (SSSR count). The van der Waals surface area contributed by atoms with Crippen LogP contribution in [0.1, 0.15) is 29.5 Å². The number of nitrogens with one attached hydrogen (secondary N) is 1. The van der Waals surface area contributed by atoms with Crippen molar-refractivity contribution in [1.29, 1.82) is 0 Å². The number of nitrogens with zero attached hydrogens (tertiary/aromatic N) is 2. The van der Waals surface area contributed by atoms with E-state index in [2.05, 4.69) is 9.97 Å². The van der Waals surface area contributed by atoms with Gasteiger partial charge < -0.3 is 19.7 Å². The van der Waals surface area contributed by atoms with E-state index in [4.69, 9.17) is 4.74 Å². The molecule has 2 N–H and O–H groups in total. The normalized spacial score (nSPS) is 12.0. The molecule has 1 unspecified atom stereocenters. The molecule has 1 aromatic heterocycles. The van der Waals surface area contributed by atoms with Gasteiger partial charge in [-0.1, -0.05) is 12.1 Å². The van der Waals surface area contributed by atoms with Gasteiger partial charge in [0.15, 0.2) is 0 Å². The molecule has 1 amide bonds. The summed E-state index contributed by atoms with van der Waals surface area (Å²) in [5.41, 5.74) is 1.98. The third-order valence-corrected chi connectivity index (χ3v) is 3.66. The van der Waals surface area contributed by atoms with Gasteiger partial charge in [0.2, 0.25) is 0 Å². The highest BCUT2D eigenvalue weighted by molar-refractivity contribution is 5.94. The van der Waals surface area contributed by atoms with E-state index in [1.165, 1.54) is 0 Å². The smallest absolute Gasteiger partial charge is 0.274 e. The van der Waals surface area contributed by atoms with Crippen molar-refractivity contribution in [3.8, 4) is 17.1 Å². The maximum absolute atomic E-state index is 12.5.